The van der Waals surface area contributed by atoms with Crippen molar-refractivity contribution >= 4 is 17.4 Å². The van der Waals surface area contributed by atoms with Crippen molar-refractivity contribution in [3.63, 3.8) is 0 Å². The van der Waals surface area contributed by atoms with Gasteiger partial charge in [-0.2, -0.15) is 5.10 Å². The normalized spacial score (nSPS) is 20.7. The quantitative estimate of drug-likeness (QED) is 0.759. The van der Waals surface area contributed by atoms with Crippen molar-refractivity contribution in [3.05, 3.63) is 29.5 Å². The summed E-state index contributed by atoms with van der Waals surface area (Å²) in [4.78, 5) is 23.5. The van der Waals surface area contributed by atoms with Gasteiger partial charge in [0.25, 0.3) is 0 Å². The Hall–Kier alpha value is -2.58. The van der Waals surface area contributed by atoms with Crippen molar-refractivity contribution in [1.29, 1.82) is 0 Å². The summed E-state index contributed by atoms with van der Waals surface area (Å²) in [7, 11) is 1.89. The highest BCUT2D eigenvalue weighted by Gasteiger charge is 2.36. The first-order valence-electron chi connectivity index (χ1n) is 10.6. The van der Waals surface area contributed by atoms with Crippen LogP contribution in [0.25, 0.3) is 0 Å². The fourth-order valence-electron chi connectivity index (χ4n) is 4.37. The van der Waals surface area contributed by atoms with Gasteiger partial charge in [0.1, 0.15) is 17.6 Å². The molecule has 4 rings (SSSR count). The second-order valence-corrected chi connectivity index (χ2v) is 8.36. The standard InChI is InChI=1S/C21H28F2N6O.CH4/c1-4-16-20(30)27-18-13(2)25-17(26-19(18)28(16)3)6-5-14-11-24-29(12-14)15-7-9-21(22,23)10-8-15;/h11-12,15-16H,4-10H2,1-3H3,(H,27,30);1H4/t16-;/m0./s1. The van der Waals surface area contributed by atoms with Crippen LogP contribution < -0.4 is 10.2 Å². The van der Waals surface area contributed by atoms with Crippen molar-refractivity contribution in [3.8, 4) is 0 Å². The van der Waals surface area contributed by atoms with Crippen LogP contribution in [-0.2, 0) is 17.6 Å². The lowest BCUT2D eigenvalue weighted by molar-refractivity contribution is -0.117. The lowest BCUT2D eigenvalue weighted by Gasteiger charge is -2.34. The van der Waals surface area contributed by atoms with Crippen LogP contribution >= 0.6 is 0 Å². The van der Waals surface area contributed by atoms with Gasteiger partial charge in [0.15, 0.2) is 5.82 Å². The van der Waals surface area contributed by atoms with Gasteiger partial charge in [-0.25, -0.2) is 18.7 Å². The van der Waals surface area contributed by atoms with Crippen LogP contribution in [0, 0.1) is 6.92 Å². The number of fused-ring (bicyclic) bond motifs is 1. The molecule has 3 heterocycles. The summed E-state index contributed by atoms with van der Waals surface area (Å²) >= 11 is 0. The lowest BCUT2D eigenvalue weighted by atomic mass is 9.92. The molecule has 1 N–H and O–H groups in total. The number of likely N-dealkylation sites (N-methyl/N-ethyl adjacent to an activating group) is 1. The van der Waals surface area contributed by atoms with Crippen LogP contribution in [-0.4, -0.2) is 44.7 Å². The van der Waals surface area contributed by atoms with E-state index in [1.165, 1.54) is 0 Å². The van der Waals surface area contributed by atoms with E-state index < -0.39 is 5.92 Å². The van der Waals surface area contributed by atoms with Crippen LogP contribution in [0.3, 0.4) is 0 Å². The van der Waals surface area contributed by atoms with Crippen molar-refractivity contribution in [2.24, 2.45) is 0 Å². The molecule has 0 radical (unpaired) electrons. The van der Waals surface area contributed by atoms with E-state index in [1.54, 1.807) is 6.20 Å². The van der Waals surface area contributed by atoms with Gasteiger partial charge in [-0.3, -0.25) is 9.48 Å². The highest BCUT2D eigenvalue weighted by atomic mass is 19.3. The Morgan fingerprint density at radius 3 is 2.61 bits per heavy atom. The summed E-state index contributed by atoms with van der Waals surface area (Å²) < 4.78 is 28.6. The van der Waals surface area contributed by atoms with E-state index in [2.05, 4.69) is 15.4 Å². The molecule has 31 heavy (non-hydrogen) atoms. The molecule has 0 aromatic carbocycles. The molecule has 0 spiro atoms. The average molecular weight is 435 g/mol. The van der Waals surface area contributed by atoms with Gasteiger partial charge in [-0.15, -0.1) is 0 Å². The fourth-order valence-corrected chi connectivity index (χ4v) is 4.37. The Balaban J connectivity index is 0.00000272. The van der Waals surface area contributed by atoms with Gasteiger partial charge in [0, 0.05) is 32.5 Å². The Morgan fingerprint density at radius 1 is 1.23 bits per heavy atom. The number of carbonyl (C=O) groups excluding carboxylic acids is 1. The molecule has 2 aliphatic rings. The minimum atomic E-state index is -2.53. The second kappa shape index (κ2) is 8.88. The van der Waals surface area contributed by atoms with Gasteiger partial charge in [0.2, 0.25) is 11.8 Å². The van der Waals surface area contributed by atoms with E-state index in [-0.39, 0.29) is 38.3 Å². The number of carbonyl (C=O) groups is 1. The third-order valence-corrected chi connectivity index (χ3v) is 6.21. The number of rotatable bonds is 5. The number of nitrogens with zero attached hydrogens (tertiary/aromatic N) is 5. The molecule has 1 amide bonds. The Morgan fingerprint density at radius 2 is 1.94 bits per heavy atom. The van der Waals surface area contributed by atoms with Crippen molar-refractivity contribution < 1.29 is 13.6 Å². The van der Waals surface area contributed by atoms with E-state index in [4.69, 9.17) is 4.98 Å². The van der Waals surface area contributed by atoms with E-state index in [9.17, 15) is 13.6 Å². The molecule has 1 aliphatic carbocycles. The Labute approximate surface area is 182 Å². The lowest BCUT2D eigenvalue weighted by Crippen LogP contribution is -2.46. The predicted octanol–water partition coefficient (Wildman–Crippen LogP) is 4.32. The van der Waals surface area contributed by atoms with Crippen LogP contribution in [0.4, 0.5) is 20.3 Å². The molecule has 7 nitrogen and oxygen atoms in total. The Kier molecular flexibility index (Phi) is 6.62. The topological polar surface area (TPSA) is 75.9 Å². The maximum Gasteiger partial charge on any atom is 0.248 e. The van der Waals surface area contributed by atoms with Crippen LogP contribution in [0.5, 0.6) is 0 Å². The average Bonchev–Trinajstić information content (AvgIpc) is 3.17. The van der Waals surface area contributed by atoms with Crippen LogP contribution in [0.15, 0.2) is 12.4 Å². The first kappa shape index (κ1) is 23.1. The molecule has 1 fully saturated rings. The summed E-state index contributed by atoms with van der Waals surface area (Å²) in [5.41, 5.74) is 2.47. The highest BCUT2D eigenvalue weighted by molar-refractivity contribution is 6.03. The van der Waals surface area contributed by atoms with E-state index >= 15 is 0 Å². The minimum Gasteiger partial charge on any atom is -0.346 e. The zero-order valence-corrected chi connectivity index (χ0v) is 17.7. The maximum atomic E-state index is 13.4. The zero-order valence-electron chi connectivity index (χ0n) is 17.7. The highest BCUT2D eigenvalue weighted by Crippen LogP contribution is 2.38. The van der Waals surface area contributed by atoms with Gasteiger partial charge in [0.05, 0.1) is 17.9 Å². The number of nitrogens with one attached hydrogen (secondary N) is 1. The number of alkyl halides is 2. The van der Waals surface area contributed by atoms with Gasteiger partial charge < -0.3 is 10.2 Å². The number of hydrogen-bond donors (Lipinski definition) is 1. The molecule has 1 atom stereocenters. The summed E-state index contributed by atoms with van der Waals surface area (Å²) in [5.74, 6) is -1.09. The Bertz CT molecular complexity index is 934. The summed E-state index contributed by atoms with van der Waals surface area (Å²) in [6.07, 6.45) is 6.59. The first-order chi connectivity index (χ1) is 14.3. The third kappa shape index (κ3) is 4.70. The maximum absolute atomic E-state index is 13.4. The molecular weight excluding hydrogens is 402 g/mol. The zero-order chi connectivity index (χ0) is 21.5. The fraction of sp³-hybridized carbons (Fsp3) is 0.636. The van der Waals surface area contributed by atoms with E-state index in [1.807, 2.05) is 36.7 Å². The monoisotopic (exact) mass is 434 g/mol. The second-order valence-electron chi connectivity index (χ2n) is 8.36. The van der Waals surface area contributed by atoms with Crippen LogP contribution in [0.2, 0.25) is 0 Å². The molecule has 0 saturated heterocycles. The number of aryl methyl sites for hydroxylation is 3. The van der Waals surface area contributed by atoms with Crippen LogP contribution in [0.1, 0.15) is 69.6 Å². The molecular formula is C22H32F2N6O. The number of amides is 1. The summed E-state index contributed by atoms with van der Waals surface area (Å²) in [6, 6.07) is -0.190. The molecule has 0 bridgehead atoms. The molecule has 2 aromatic heterocycles. The molecule has 1 aliphatic heterocycles. The minimum absolute atomic E-state index is 0. The summed E-state index contributed by atoms with van der Waals surface area (Å²) in [6.45, 7) is 3.85. The summed E-state index contributed by atoms with van der Waals surface area (Å²) in [5, 5.41) is 7.34. The molecule has 0 unspecified atom stereocenters. The molecule has 9 heteroatoms. The molecule has 1 saturated carbocycles. The largest absolute Gasteiger partial charge is 0.346 e. The van der Waals surface area contributed by atoms with Crippen molar-refractivity contribution in [2.45, 2.75) is 84.2 Å². The smallest absolute Gasteiger partial charge is 0.248 e. The molecule has 2 aromatic rings. The van der Waals surface area contributed by atoms with Gasteiger partial charge >= 0.3 is 0 Å². The number of aromatic nitrogens is 4. The number of halogens is 2. The molecule has 170 valence electrons. The van der Waals surface area contributed by atoms with Gasteiger partial charge in [-0.05, 0) is 38.2 Å². The first-order valence-corrected chi connectivity index (χ1v) is 10.6. The number of anilines is 2. The van der Waals surface area contributed by atoms with E-state index in [0.717, 1.165) is 17.1 Å². The van der Waals surface area contributed by atoms with Crippen molar-refractivity contribution in [1.82, 2.24) is 19.7 Å². The van der Waals surface area contributed by atoms with Gasteiger partial charge in [-0.1, -0.05) is 14.4 Å². The van der Waals surface area contributed by atoms with Crippen molar-refractivity contribution in [2.75, 3.05) is 17.3 Å². The SMILES string of the molecule is C.CC[C@H]1C(=O)Nc2c(C)nc(CCc3cnn(C4CCC(F)(F)CC4)c3)nc2N1C. The predicted molar refractivity (Wildman–Crippen MR) is 117 cm³/mol. The third-order valence-electron chi connectivity index (χ3n) is 6.21. The van der Waals surface area contributed by atoms with E-state index in [0.29, 0.717) is 43.6 Å². The number of hydrogen-bond acceptors (Lipinski definition) is 5.